The molecule has 0 heterocycles. The lowest BCUT2D eigenvalue weighted by molar-refractivity contribution is -0.118. The summed E-state index contributed by atoms with van der Waals surface area (Å²) in [5.41, 5.74) is 5.14. The zero-order chi connectivity index (χ0) is 18.8. The molecule has 0 aliphatic carbocycles. The molecule has 0 unspecified atom stereocenters. The molecule has 0 fully saturated rings. The van der Waals surface area contributed by atoms with Crippen LogP contribution in [-0.2, 0) is 17.0 Å². The van der Waals surface area contributed by atoms with Crippen LogP contribution in [0.3, 0.4) is 0 Å². The van der Waals surface area contributed by atoms with E-state index in [1.54, 1.807) is 11.8 Å². The second kappa shape index (κ2) is 10.9. The number of ether oxygens (including phenoxy) is 1. The monoisotopic (exact) mass is 371 g/mol. The van der Waals surface area contributed by atoms with E-state index < -0.39 is 0 Å². The van der Waals surface area contributed by atoms with Crippen LogP contribution < -0.4 is 10.1 Å². The van der Waals surface area contributed by atoms with Crippen molar-refractivity contribution in [3.63, 3.8) is 0 Å². The Labute approximate surface area is 161 Å². The van der Waals surface area contributed by atoms with E-state index in [-0.39, 0.29) is 5.91 Å². The van der Waals surface area contributed by atoms with Crippen LogP contribution in [0, 0.1) is 13.8 Å². The lowest BCUT2D eigenvalue weighted by atomic mass is 10.1. The molecule has 0 spiro atoms. The minimum atomic E-state index is 0.0567. The summed E-state index contributed by atoms with van der Waals surface area (Å²) in [5, 5.41) is 2.91. The van der Waals surface area contributed by atoms with Crippen molar-refractivity contribution < 1.29 is 9.53 Å². The maximum atomic E-state index is 11.9. The smallest absolute Gasteiger partial charge is 0.230 e. The molecule has 26 heavy (non-hydrogen) atoms. The van der Waals surface area contributed by atoms with Crippen LogP contribution >= 0.6 is 11.8 Å². The second-order valence-electron chi connectivity index (χ2n) is 6.58. The van der Waals surface area contributed by atoms with Crippen LogP contribution in [0.1, 0.15) is 35.6 Å². The van der Waals surface area contributed by atoms with E-state index in [4.69, 9.17) is 4.74 Å². The fraction of sp³-hybridized carbons (Fsp3) is 0.409. The van der Waals surface area contributed by atoms with Crippen molar-refractivity contribution in [3.8, 4) is 5.75 Å². The number of carbonyl (C=O) groups is 1. The van der Waals surface area contributed by atoms with E-state index >= 15 is 0 Å². The van der Waals surface area contributed by atoms with Gasteiger partial charge in [-0.25, -0.2) is 0 Å². The van der Waals surface area contributed by atoms with Crippen molar-refractivity contribution in [2.45, 2.75) is 39.4 Å². The van der Waals surface area contributed by atoms with Gasteiger partial charge in [0.2, 0.25) is 5.91 Å². The highest BCUT2D eigenvalue weighted by Gasteiger charge is 2.03. The molecule has 0 aliphatic heterocycles. The summed E-state index contributed by atoms with van der Waals surface area (Å²) in [6.45, 7) is 7.39. The van der Waals surface area contributed by atoms with Crippen molar-refractivity contribution in [1.29, 1.82) is 0 Å². The van der Waals surface area contributed by atoms with Gasteiger partial charge < -0.3 is 10.1 Å². The summed E-state index contributed by atoms with van der Waals surface area (Å²) >= 11 is 1.64. The van der Waals surface area contributed by atoms with E-state index in [1.807, 2.05) is 12.1 Å². The fourth-order valence-electron chi connectivity index (χ4n) is 2.87. The molecular formula is C22H29NO2S. The zero-order valence-electron chi connectivity index (χ0n) is 16.0. The molecule has 3 nitrogen and oxygen atoms in total. The SMILES string of the molecule is CCCc1ccc(OCCNC(=O)CSCc2cc(C)cc(C)c2)cc1. The maximum Gasteiger partial charge on any atom is 0.230 e. The number of hydrogen-bond donors (Lipinski definition) is 1. The Morgan fingerprint density at radius 3 is 2.38 bits per heavy atom. The minimum Gasteiger partial charge on any atom is -0.492 e. The molecule has 0 atom stereocenters. The topological polar surface area (TPSA) is 38.3 Å². The van der Waals surface area contributed by atoms with Gasteiger partial charge in [-0.1, -0.05) is 54.8 Å². The highest BCUT2D eigenvalue weighted by Crippen LogP contribution is 2.16. The van der Waals surface area contributed by atoms with Crippen molar-refractivity contribution >= 4 is 17.7 Å². The van der Waals surface area contributed by atoms with E-state index in [0.29, 0.717) is 18.9 Å². The molecule has 1 N–H and O–H groups in total. The Morgan fingerprint density at radius 2 is 1.73 bits per heavy atom. The molecular weight excluding hydrogens is 342 g/mol. The van der Waals surface area contributed by atoms with E-state index in [2.05, 4.69) is 56.4 Å². The minimum absolute atomic E-state index is 0.0567. The van der Waals surface area contributed by atoms with Crippen LogP contribution in [0.25, 0.3) is 0 Å². The number of nitrogens with one attached hydrogen (secondary N) is 1. The van der Waals surface area contributed by atoms with E-state index in [1.165, 1.54) is 22.3 Å². The van der Waals surface area contributed by atoms with Crippen LogP contribution in [0.15, 0.2) is 42.5 Å². The Balaban J connectivity index is 1.60. The third-order valence-corrected chi connectivity index (χ3v) is 4.94. The Bertz CT molecular complexity index is 678. The Morgan fingerprint density at radius 1 is 1.04 bits per heavy atom. The number of benzene rings is 2. The Hall–Kier alpha value is -1.94. The molecule has 4 heteroatoms. The van der Waals surface area contributed by atoms with Gasteiger partial charge in [-0.3, -0.25) is 4.79 Å². The van der Waals surface area contributed by atoms with Crippen molar-refractivity contribution in [3.05, 3.63) is 64.7 Å². The molecule has 0 radical (unpaired) electrons. The first-order chi connectivity index (χ1) is 12.6. The van der Waals surface area contributed by atoms with Crippen LogP contribution in [0.5, 0.6) is 5.75 Å². The van der Waals surface area contributed by atoms with Crippen molar-refractivity contribution in [2.75, 3.05) is 18.9 Å². The molecule has 0 saturated heterocycles. The summed E-state index contributed by atoms with van der Waals surface area (Å²) in [6.07, 6.45) is 2.24. The molecule has 0 aliphatic rings. The third-order valence-electron chi connectivity index (χ3n) is 3.94. The van der Waals surface area contributed by atoms with Crippen LogP contribution in [-0.4, -0.2) is 24.8 Å². The molecule has 0 bridgehead atoms. The average molecular weight is 372 g/mol. The summed E-state index contributed by atoms with van der Waals surface area (Å²) in [4.78, 5) is 11.9. The van der Waals surface area contributed by atoms with Crippen LogP contribution in [0.4, 0.5) is 0 Å². The highest BCUT2D eigenvalue weighted by molar-refractivity contribution is 7.99. The lowest BCUT2D eigenvalue weighted by Gasteiger charge is -2.09. The molecule has 2 aromatic carbocycles. The summed E-state index contributed by atoms with van der Waals surface area (Å²) < 4.78 is 5.67. The lowest BCUT2D eigenvalue weighted by Crippen LogP contribution is -2.29. The van der Waals surface area contributed by atoms with Gasteiger partial charge >= 0.3 is 0 Å². The van der Waals surface area contributed by atoms with Gasteiger partial charge in [0.1, 0.15) is 12.4 Å². The normalized spacial score (nSPS) is 10.6. The van der Waals surface area contributed by atoms with Gasteiger partial charge in [0, 0.05) is 5.75 Å². The predicted octanol–water partition coefficient (Wildman–Crippen LogP) is 4.68. The number of aryl methyl sites for hydroxylation is 3. The summed E-state index contributed by atoms with van der Waals surface area (Å²) in [5.74, 6) is 2.24. The molecule has 140 valence electrons. The van der Waals surface area contributed by atoms with E-state index in [9.17, 15) is 4.79 Å². The second-order valence-corrected chi connectivity index (χ2v) is 7.57. The van der Waals surface area contributed by atoms with Gasteiger partial charge in [-0.2, -0.15) is 0 Å². The molecule has 0 saturated carbocycles. The molecule has 0 aromatic heterocycles. The maximum absolute atomic E-state index is 11.9. The first-order valence-electron chi connectivity index (χ1n) is 9.20. The number of rotatable bonds is 10. The Kier molecular flexibility index (Phi) is 8.56. The zero-order valence-corrected chi connectivity index (χ0v) is 16.8. The van der Waals surface area contributed by atoms with E-state index in [0.717, 1.165) is 24.3 Å². The summed E-state index contributed by atoms with van der Waals surface area (Å²) in [7, 11) is 0. The standard InChI is InChI=1S/C22H29NO2S/c1-4-5-19-6-8-21(9-7-19)25-11-10-23-22(24)16-26-15-20-13-17(2)12-18(3)14-20/h6-9,12-14H,4-5,10-11,15-16H2,1-3H3,(H,23,24). The van der Waals surface area contributed by atoms with Gasteiger partial charge in [0.25, 0.3) is 0 Å². The molecule has 1 amide bonds. The molecule has 2 aromatic rings. The average Bonchev–Trinajstić information content (AvgIpc) is 2.59. The third kappa shape index (κ3) is 7.52. The van der Waals surface area contributed by atoms with Gasteiger partial charge in [0.15, 0.2) is 0 Å². The quantitative estimate of drug-likeness (QED) is 0.616. The van der Waals surface area contributed by atoms with Gasteiger partial charge in [-0.15, -0.1) is 11.8 Å². The van der Waals surface area contributed by atoms with Crippen LogP contribution in [0.2, 0.25) is 0 Å². The first-order valence-corrected chi connectivity index (χ1v) is 10.4. The number of thioether (sulfide) groups is 1. The summed E-state index contributed by atoms with van der Waals surface area (Å²) in [6, 6.07) is 14.7. The number of carbonyl (C=O) groups excluding carboxylic acids is 1. The van der Waals surface area contributed by atoms with Gasteiger partial charge in [-0.05, 0) is 43.5 Å². The molecule has 2 rings (SSSR count). The van der Waals surface area contributed by atoms with Crippen molar-refractivity contribution in [2.24, 2.45) is 0 Å². The number of hydrogen-bond acceptors (Lipinski definition) is 3. The number of amides is 1. The fourth-order valence-corrected chi connectivity index (χ4v) is 3.66. The van der Waals surface area contributed by atoms with Gasteiger partial charge in [0.05, 0.1) is 12.3 Å². The van der Waals surface area contributed by atoms with Crippen molar-refractivity contribution in [1.82, 2.24) is 5.32 Å². The predicted molar refractivity (Wildman–Crippen MR) is 111 cm³/mol. The highest BCUT2D eigenvalue weighted by atomic mass is 32.2. The first kappa shape index (κ1) is 20.4. The largest absolute Gasteiger partial charge is 0.492 e.